The molecular formula is C9H9F2NO3. The van der Waals surface area contributed by atoms with Crippen LogP contribution in [-0.2, 0) is 4.74 Å². The summed E-state index contributed by atoms with van der Waals surface area (Å²) in [6.45, 7) is 1.28. The molecular weight excluding hydrogens is 208 g/mol. The molecule has 0 aromatic carbocycles. The number of esters is 1. The van der Waals surface area contributed by atoms with Crippen LogP contribution in [0, 0.1) is 6.92 Å². The number of rotatable bonds is 2. The summed E-state index contributed by atoms with van der Waals surface area (Å²) in [5.41, 5.74) is -1.13. The van der Waals surface area contributed by atoms with Gasteiger partial charge in [-0.1, -0.05) is 0 Å². The fourth-order valence-corrected chi connectivity index (χ4v) is 1.13. The molecule has 1 aromatic rings. The van der Waals surface area contributed by atoms with E-state index in [1.807, 2.05) is 0 Å². The van der Waals surface area contributed by atoms with E-state index < -0.39 is 23.7 Å². The second-order valence-corrected chi connectivity index (χ2v) is 2.82. The predicted octanol–water partition coefficient (Wildman–Crippen LogP) is 1.82. The maximum Gasteiger partial charge on any atom is 0.357 e. The zero-order valence-electron chi connectivity index (χ0n) is 8.12. The van der Waals surface area contributed by atoms with Crippen LogP contribution in [0.1, 0.15) is 28.0 Å². The maximum absolute atomic E-state index is 12.6. The normalized spacial score (nSPS) is 10.5. The molecule has 1 N–H and O–H groups in total. The molecule has 0 saturated carbocycles. The molecule has 15 heavy (non-hydrogen) atoms. The molecule has 1 rings (SSSR count). The number of hydrogen-bond acceptors (Lipinski definition) is 4. The number of methoxy groups -OCH3 is 1. The zero-order chi connectivity index (χ0) is 11.6. The van der Waals surface area contributed by atoms with Crippen molar-refractivity contribution in [1.29, 1.82) is 0 Å². The lowest BCUT2D eigenvalue weighted by Gasteiger charge is -2.10. The Bertz CT molecular complexity index is 393. The largest absolute Gasteiger partial charge is 0.506 e. The van der Waals surface area contributed by atoms with E-state index in [2.05, 4.69) is 9.72 Å². The molecule has 0 spiro atoms. The SMILES string of the molecule is COC(=O)c1ncc(O)c(C)c1C(F)F. The fraction of sp³-hybridized carbons (Fsp3) is 0.333. The number of ether oxygens (including phenoxy) is 1. The molecule has 0 bridgehead atoms. The van der Waals surface area contributed by atoms with Crippen LogP contribution in [0.5, 0.6) is 5.75 Å². The molecule has 0 unspecified atom stereocenters. The van der Waals surface area contributed by atoms with Crippen molar-refractivity contribution < 1.29 is 23.4 Å². The molecule has 0 saturated heterocycles. The van der Waals surface area contributed by atoms with Crippen LogP contribution in [0.4, 0.5) is 8.78 Å². The Morgan fingerprint density at radius 2 is 2.20 bits per heavy atom. The van der Waals surface area contributed by atoms with Gasteiger partial charge in [-0.15, -0.1) is 0 Å². The third kappa shape index (κ3) is 2.03. The zero-order valence-corrected chi connectivity index (χ0v) is 8.12. The highest BCUT2D eigenvalue weighted by atomic mass is 19.3. The molecule has 0 aliphatic rings. The monoisotopic (exact) mass is 217 g/mol. The number of halogens is 2. The summed E-state index contributed by atoms with van der Waals surface area (Å²) in [7, 11) is 1.07. The first-order valence-electron chi connectivity index (χ1n) is 4.04. The molecule has 0 amide bonds. The summed E-state index contributed by atoms with van der Waals surface area (Å²) in [6, 6.07) is 0. The van der Waals surface area contributed by atoms with Crippen LogP contribution in [0.2, 0.25) is 0 Å². The number of carbonyl (C=O) groups is 1. The number of aromatic nitrogens is 1. The van der Waals surface area contributed by atoms with Gasteiger partial charge in [-0.25, -0.2) is 18.6 Å². The van der Waals surface area contributed by atoms with E-state index in [1.54, 1.807) is 0 Å². The molecule has 0 atom stereocenters. The van der Waals surface area contributed by atoms with E-state index in [9.17, 15) is 18.7 Å². The van der Waals surface area contributed by atoms with E-state index in [0.717, 1.165) is 13.3 Å². The molecule has 0 radical (unpaired) electrons. The van der Waals surface area contributed by atoms with Gasteiger partial charge in [0.05, 0.1) is 18.9 Å². The summed E-state index contributed by atoms with van der Waals surface area (Å²) in [6.07, 6.45) is -1.95. The quantitative estimate of drug-likeness (QED) is 0.767. The molecule has 0 fully saturated rings. The Labute approximate surface area is 84.5 Å². The third-order valence-corrected chi connectivity index (χ3v) is 1.96. The minimum absolute atomic E-state index is 0.0691. The van der Waals surface area contributed by atoms with E-state index in [-0.39, 0.29) is 11.3 Å². The highest BCUT2D eigenvalue weighted by Crippen LogP contribution is 2.30. The summed E-state index contributed by atoms with van der Waals surface area (Å²) in [5.74, 6) is -1.33. The van der Waals surface area contributed by atoms with Crippen molar-refractivity contribution >= 4 is 5.97 Å². The lowest BCUT2D eigenvalue weighted by atomic mass is 10.1. The van der Waals surface area contributed by atoms with Crippen molar-refractivity contribution in [2.24, 2.45) is 0 Å². The van der Waals surface area contributed by atoms with Gasteiger partial charge in [0.2, 0.25) is 0 Å². The first kappa shape index (κ1) is 11.4. The van der Waals surface area contributed by atoms with Crippen LogP contribution in [-0.4, -0.2) is 23.2 Å². The Kier molecular flexibility index (Phi) is 3.18. The third-order valence-electron chi connectivity index (χ3n) is 1.96. The highest BCUT2D eigenvalue weighted by Gasteiger charge is 2.24. The number of pyridine rings is 1. The standard InChI is InChI=1S/C9H9F2NO3/c1-4-5(13)3-12-7(9(14)15-2)6(4)8(10)11/h3,8,13H,1-2H3. The number of aromatic hydroxyl groups is 1. The fourth-order valence-electron chi connectivity index (χ4n) is 1.13. The second-order valence-electron chi connectivity index (χ2n) is 2.82. The lowest BCUT2D eigenvalue weighted by molar-refractivity contribution is 0.0581. The average molecular weight is 217 g/mol. The Morgan fingerprint density at radius 1 is 1.60 bits per heavy atom. The molecule has 6 heteroatoms. The van der Waals surface area contributed by atoms with Crippen molar-refractivity contribution in [3.63, 3.8) is 0 Å². The van der Waals surface area contributed by atoms with Gasteiger partial charge < -0.3 is 9.84 Å². The van der Waals surface area contributed by atoms with Crippen molar-refractivity contribution in [3.05, 3.63) is 23.0 Å². The summed E-state index contributed by atoms with van der Waals surface area (Å²) >= 11 is 0. The van der Waals surface area contributed by atoms with Gasteiger partial charge in [0.25, 0.3) is 6.43 Å². The molecule has 4 nitrogen and oxygen atoms in total. The van der Waals surface area contributed by atoms with Gasteiger partial charge in [0, 0.05) is 5.56 Å². The van der Waals surface area contributed by atoms with Gasteiger partial charge in [0.15, 0.2) is 5.69 Å². The first-order chi connectivity index (χ1) is 6.99. The average Bonchev–Trinajstić information content (AvgIpc) is 2.20. The summed E-state index contributed by atoms with van der Waals surface area (Å²) in [4.78, 5) is 14.5. The molecule has 82 valence electrons. The van der Waals surface area contributed by atoms with E-state index in [4.69, 9.17) is 0 Å². The van der Waals surface area contributed by atoms with E-state index >= 15 is 0 Å². The van der Waals surface area contributed by atoms with Crippen molar-refractivity contribution in [2.75, 3.05) is 7.11 Å². The minimum Gasteiger partial charge on any atom is -0.506 e. The van der Waals surface area contributed by atoms with Gasteiger partial charge in [-0.3, -0.25) is 0 Å². The molecule has 1 heterocycles. The van der Waals surface area contributed by atoms with Crippen LogP contribution < -0.4 is 0 Å². The van der Waals surface area contributed by atoms with Crippen molar-refractivity contribution in [1.82, 2.24) is 4.98 Å². The number of alkyl halides is 2. The van der Waals surface area contributed by atoms with Gasteiger partial charge >= 0.3 is 5.97 Å². The molecule has 0 aliphatic carbocycles. The second kappa shape index (κ2) is 4.20. The number of carbonyl (C=O) groups excluding carboxylic acids is 1. The van der Waals surface area contributed by atoms with E-state index in [0.29, 0.717) is 0 Å². The smallest absolute Gasteiger partial charge is 0.357 e. The highest BCUT2D eigenvalue weighted by molar-refractivity contribution is 5.89. The van der Waals surface area contributed by atoms with Crippen LogP contribution >= 0.6 is 0 Å². The first-order valence-corrected chi connectivity index (χ1v) is 4.04. The summed E-state index contributed by atoms with van der Waals surface area (Å²) in [5, 5.41) is 9.18. The van der Waals surface area contributed by atoms with Gasteiger partial charge in [-0.05, 0) is 6.92 Å². The van der Waals surface area contributed by atoms with Crippen LogP contribution in [0.15, 0.2) is 6.20 Å². The Morgan fingerprint density at radius 3 is 2.67 bits per heavy atom. The predicted molar refractivity (Wildman–Crippen MR) is 46.9 cm³/mol. The summed E-state index contributed by atoms with van der Waals surface area (Å²) < 4.78 is 29.5. The van der Waals surface area contributed by atoms with Gasteiger partial charge in [-0.2, -0.15) is 0 Å². The van der Waals surface area contributed by atoms with Crippen molar-refractivity contribution in [2.45, 2.75) is 13.3 Å². The van der Waals surface area contributed by atoms with E-state index in [1.165, 1.54) is 6.92 Å². The Balaban J connectivity index is 3.40. The molecule has 1 aromatic heterocycles. The Hall–Kier alpha value is -1.72. The number of hydrogen-bond donors (Lipinski definition) is 1. The van der Waals surface area contributed by atoms with Crippen LogP contribution in [0.25, 0.3) is 0 Å². The minimum atomic E-state index is -2.89. The topological polar surface area (TPSA) is 59.4 Å². The maximum atomic E-state index is 12.6. The lowest BCUT2D eigenvalue weighted by Crippen LogP contribution is -2.10. The number of nitrogens with zero attached hydrogens (tertiary/aromatic N) is 1. The van der Waals surface area contributed by atoms with Crippen LogP contribution in [0.3, 0.4) is 0 Å². The molecule has 0 aliphatic heterocycles. The van der Waals surface area contributed by atoms with Gasteiger partial charge in [0.1, 0.15) is 5.75 Å². The van der Waals surface area contributed by atoms with Crippen molar-refractivity contribution in [3.8, 4) is 5.75 Å².